The minimum absolute atomic E-state index is 0. The molecule has 0 fully saturated rings. The van der Waals surface area contributed by atoms with Crippen molar-refractivity contribution in [2.75, 3.05) is 0 Å². The SMILES string of the molecule is CC(C)C(=O)S[S-].[K+]. The van der Waals surface area contributed by atoms with Crippen LogP contribution in [0.15, 0.2) is 0 Å². The van der Waals surface area contributed by atoms with E-state index in [0.717, 1.165) is 10.8 Å². The second-order valence-electron chi connectivity index (χ2n) is 1.56. The Hall–Kier alpha value is 2.01. The van der Waals surface area contributed by atoms with Crippen molar-refractivity contribution in [3.05, 3.63) is 0 Å². The van der Waals surface area contributed by atoms with Gasteiger partial charge in [-0.25, -0.2) is 0 Å². The molecule has 1 nitrogen and oxygen atoms in total. The zero-order valence-corrected chi connectivity index (χ0v) is 10.1. The van der Waals surface area contributed by atoms with Crippen LogP contribution in [0.5, 0.6) is 0 Å². The maximum Gasteiger partial charge on any atom is 1.00 e. The predicted octanol–water partition coefficient (Wildman–Crippen LogP) is -1.63. The molecule has 0 N–H and O–H groups in total. The Morgan fingerprint density at radius 1 is 1.62 bits per heavy atom. The molecule has 0 aromatic heterocycles. The Labute approximate surface area is 102 Å². The second-order valence-corrected chi connectivity index (χ2v) is 2.63. The third kappa shape index (κ3) is 6.13. The van der Waals surface area contributed by atoms with E-state index in [1.807, 2.05) is 13.8 Å². The summed E-state index contributed by atoms with van der Waals surface area (Å²) in [6, 6.07) is 0. The van der Waals surface area contributed by atoms with Crippen molar-refractivity contribution >= 4 is 27.6 Å². The van der Waals surface area contributed by atoms with Crippen LogP contribution in [0.4, 0.5) is 0 Å². The molecule has 0 aromatic carbocycles. The summed E-state index contributed by atoms with van der Waals surface area (Å²) in [4.78, 5) is 10.4. The van der Waals surface area contributed by atoms with Crippen molar-refractivity contribution in [1.82, 2.24) is 0 Å². The second kappa shape index (κ2) is 7.12. The van der Waals surface area contributed by atoms with Gasteiger partial charge in [-0.05, 0) is 0 Å². The number of hydrogen-bond acceptors (Lipinski definition) is 3. The molecule has 0 spiro atoms. The van der Waals surface area contributed by atoms with Crippen molar-refractivity contribution in [1.29, 1.82) is 0 Å². The molecule has 0 saturated heterocycles. The van der Waals surface area contributed by atoms with Gasteiger partial charge in [0, 0.05) is 5.92 Å². The van der Waals surface area contributed by atoms with Crippen LogP contribution in [0.25, 0.3) is 0 Å². The van der Waals surface area contributed by atoms with Crippen LogP contribution < -0.4 is 51.4 Å². The Kier molecular flexibility index (Phi) is 11.3. The van der Waals surface area contributed by atoms with Crippen LogP contribution in [0.2, 0.25) is 0 Å². The summed E-state index contributed by atoms with van der Waals surface area (Å²) in [5, 5.41) is 0.0787. The van der Waals surface area contributed by atoms with E-state index >= 15 is 0 Å². The molecule has 0 saturated carbocycles. The van der Waals surface area contributed by atoms with Crippen LogP contribution in [0, 0.1) is 5.92 Å². The van der Waals surface area contributed by atoms with Crippen molar-refractivity contribution < 1.29 is 56.2 Å². The Bertz CT molecular complexity index is 74.4. The third-order valence-corrected chi connectivity index (χ3v) is 1.68. The predicted molar refractivity (Wildman–Crippen MR) is 34.8 cm³/mol. The van der Waals surface area contributed by atoms with Gasteiger partial charge in [-0.2, -0.15) is 0 Å². The molecule has 0 aromatic rings. The largest absolute Gasteiger partial charge is 1.00 e. The maximum atomic E-state index is 10.4. The van der Waals surface area contributed by atoms with E-state index in [4.69, 9.17) is 0 Å². The van der Waals surface area contributed by atoms with Crippen LogP contribution in [-0.4, -0.2) is 5.12 Å². The smallest absolute Gasteiger partial charge is 0.711 e. The fourth-order valence-corrected chi connectivity index (χ4v) is 0.866. The van der Waals surface area contributed by atoms with Gasteiger partial charge in [-0.1, -0.05) is 13.8 Å². The number of hydrogen-bond donors (Lipinski definition) is 0. The Morgan fingerprint density at radius 3 is 2.00 bits per heavy atom. The molecule has 0 amide bonds. The van der Waals surface area contributed by atoms with E-state index in [-0.39, 0.29) is 62.4 Å². The summed E-state index contributed by atoms with van der Waals surface area (Å²) in [5.74, 6) is 0.0856. The van der Waals surface area contributed by atoms with Crippen molar-refractivity contribution in [2.24, 2.45) is 5.92 Å². The summed E-state index contributed by atoms with van der Waals surface area (Å²) in [7, 11) is 0.877. The van der Waals surface area contributed by atoms with E-state index < -0.39 is 0 Å². The van der Waals surface area contributed by atoms with E-state index in [1.165, 1.54) is 0 Å². The molecule has 4 heteroatoms. The zero-order valence-electron chi connectivity index (χ0n) is 5.30. The van der Waals surface area contributed by atoms with Crippen molar-refractivity contribution in [3.63, 3.8) is 0 Å². The Morgan fingerprint density at radius 2 is 2.00 bits per heavy atom. The molecule has 0 rings (SSSR count). The fourth-order valence-electron chi connectivity index (χ4n) is 0.0962. The average molecular weight is 174 g/mol. The fraction of sp³-hybridized carbons (Fsp3) is 0.750. The molecular formula is C4H7KOS2. The molecule has 42 valence electrons. The van der Waals surface area contributed by atoms with Crippen LogP contribution >= 0.6 is 10.8 Å². The number of rotatable bonds is 1. The molecule has 0 aliphatic carbocycles. The van der Waals surface area contributed by atoms with Gasteiger partial charge in [0.1, 0.15) is 0 Å². The van der Waals surface area contributed by atoms with Crippen LogP contribution in [-0.2, 0) is 16.5 Å². The molecule has 8 heavy (non-hydrogen) atoms. The normalized spacial score (nSPS) is 8.50. The summed E-state index contributed by atoms with van der Waals surface area (Å²) in [6.45, 7) is 3.67. The van der Waals surface area contributed by atoms with Gasteiger partial charge >= 0.3 is 51.4 Å². The molecule has 0 heterocycles. The molecular weight excluding hydrogens is 167 g/mol. The Balaban J connectivity index is 0. The van der Waals surface area contributed by atoms with Gasteiger partial charge in [-0.3, -0.25) is 15.6 Å². The molecule has 0 unspecified atom stereocenters. The first-order chi connectivity index (χ1) is 3.18. The molecule has 0 atom stereocenters. The van der Waals surface area contributed by atoms with Gasteiger partial charge in [0.05, 0.1) is 0 Å². The zero-order chi connectivity index (χ0) is 5.86. The van der Waals surface area contributed by atoms with Crippen molar-refractivity contribution in [2.45, 2.75) is 13.8 Å². The van der Waals surface area contributed by atoms with Gasteiger partial charge in [0.2, 0.25) is 0 Å². The summed E-state index contributed by atoms with van der Waals surface area (Å²) in [5.41, 5.74) is 0. The maximum absolute atomic E-state index is 10.4. The minimum atomic E-state index is 0. The van der Waals surface area contributed by atoms with Crippen LogP contribution in [0.1, 0.15) is 13.8 Å². The molecule has 0 bridgehead atoms. The minimum Gasteiger partial charge on any atom is -0.711 e. The standard InChI is InChI=1S/C4H8OS2.K/c1-3(2)4(5)7-6;/h3,6H,1-2H3;/q;+1/p-1. The average Bonchev–Trinajstić information content (AvgIpc) is 1.65. The van der Waals surface area contributed by atoms with Gasteiger partial charge in [0.15, 0.2) is 5.12 Å². The first-order valence-corrected chi connectivity index (χ1v) is 3.76. The summed E-state index contributed by atoms with van der Waals surface area (Å²) < 4.78 is 0. The van der Waals surface area contributed by atoms with E-state index in [9.17, 15) is 4.79 Å². The molecule has 0 aliphatic rings. The quantitative estimate of drug-likeness (QED) is 0.270. The summed E-state index contributed by atoms with van der Waals surface area (Å²) >= 11 is 4.42. The number of carbonyl (C=O) groups excluding carboxylic acids is 1. The summed E-state index contributed by atoms with van der Waals surface area (Å²) in [6.07, 6.45) is 0. The first-order valence-electron chi connectivity index (χ1n) is 2.02. The van der Waals surface area contributed by atoms with Gasteiger partial charge < -0.3 is 11.7 Å². The van der Waals surface area contributed by atoms with Crippen molar-refractivity contribution in [3.8, 4) is 0 Å². The van der Waals surface area contributed by atoms with Crippen LogP contribution in [0.3, 0.4) is 0 Å². The monoisotopic (exact) mass is 174 g/mol. The van der Waals surface area contributed by atoms with E-state index in [2.05, 4.69) is 11.7 Å². The van der Waals surface area contributed by atoms with Gasteiger partial charge in [0.25, 0.3) is 0 Å². The topological polar surface area (TPSA) is 17.1 Å². The first kappa shape index (κ1) is 12.7. The molecule has 0 radical (unpaired) electrons. The molecule has 0 aliphatic heterocycles. The van der Waals surface area contributed by atoms with E-state index in [0.29, 0.717) is 0 Å². The van der Waals surface area contributed by atoms with Gasteiger partial charge in [-0.15, -0.1) is 0 Å². The van der Waals surface area contributed by atoms with E-state index in [1.54, 1.807) is 0 Å². The number of carbonyl (C=O) groups is 1. The third-order valence-electron chi connectivity index (χ3n) is 0.554.